The van der Waals surface area contributed by atoms with E-state index in [1.165, 1.54) is 17.2 Å². The zero-order chi connectivity index (χ0) is 22.6. The van der Waals surface area contributed by atoms with Gasteiger partial charge in [-0.2, -0.15) is 13.2 Å². The normalized spacial score (nSPS) is 16.3. The third-order valence-electron chi connectivity index (χ3n) is 5.63. The van der Waals surface area contributed by atoms with Gasteiger partial charge in [0.2, 0.25) is 0 Å². The van der Waals surface area contributed by atoms with Crippen LogP contribution < -0.4 is 5.73 Å². The van der Waals surface area contributed by atoms with Crippen molar-refractivity contribution >= 4 is 28.3 Å². The van der Waals surface area contributed by atoms with Crippen LogP contribution in [0.3, 0.4) is 0 Å². The average Bonchev–Trinajstić information content (AvgIpc) is 3.28. The second-order valence-electron chi connectivity index (χ2n) is 7.56. The number of imidazole rings is 1. The summed E-state index contributed by atoms with van der Waals surface area (Å²) >= 11 is 0. The van der Waals surface area contributed by atoms with E-state index in [4.69, 9.17) is 10.5 Å². The molecule has 1 aliphatic rings. The molecule has 4 aromatic rings. The molecule has 0 fully saturated rings. The Hall–Kier alpha value is -3.73. The molecule has 0 saturated carbocycles. The smallest absolute Gasteiger partial charge is 0.382 e. The first-order valence-electron chi connectivity index (χ1n) is 9.66. The Bertz CT molecular complexity index is 1370. The molecule has 1 amide bonds. The number of hydrogen-bond acceptors (Lipinski definition) is 6. The first-order chi connectivity index (χ1) is 15.2. The number of nitrogens with two attached hydrogens (primary N) is 1. The van der Waals surface area contributed by atoms with Crippen molar-refractivity contribution < 1.29 is 22.7 Å². The number of rotatable bonds is 2. The van der Waals surface area contributed by atoms with E-state index in [1.807, 2.05) is 0 Å². The van der Waals surface area contributed by atoms with Gasteiger partial charge in [0.25, 0.3) is 5.91 Å². The summed E-state index contributed by atoms with van der Waals surface area (Å²) in [5.41, 5.74) is 8.07. The number of anilines is 1. The van der Waals surface area contributed by atoms with Gasteiger partial charge in [0.05, 0.1) is 49.1 Å². The summed E-state index contributed by atoms with van der Waals surface area (Å²) in [5, 5.41) is 0. The van der Waals surface area contributed by atoms with Crippen LogP contribution >= 0.6 is 0 Å². The Kier molecular flexibility index (Phi) is 4.52. The summed E-state index contributed by atoms with van der Waals surface area (Å²) in [6.45, 7) is 0.218. The fourth-order valence-corrected chi connectivity index (χ4v) is 3.94. The Morgan fingerprint density at radius 1 is 1.25 bits per heavy atom. The topological polar surface area (TPSA) is 98.6 Å². The quantitative estimate of drug-likeness (QED) is 0.512. The molecule has 2 N–H and O–H groups in total. The number of likely N-dealkylation sites (N-methyl/N-ethyl adjacent to an activating group) is 1. The van der Waals surface area contributed by atoms with Gasteiger partial charge in [-0.3, -0.25) is 9.20 Å². The Morgan fingerprint density at radius 3 is 2.84 bits per heavy atom. The zero-order valence-corrected chi connectivity index (χ0v) is 16.8. The van der Waals surface area contributed by atoms with Crippen LogP contribution in [-0.2, 0) is 17.5 Å². The van der Waals surface area contributed by atoms with Crippen LogP contribution in [0, 0.1) is 0 Å². The molecule has 11 heteroatoms. The van der Waals surface area contributed by atoms with E-state index < -0.39 is 23.7 Å². The lowest BCUT2D eigenvalue weighted by Crippen LogP contribution is -2.36. The molecular formula is C21H17F3N6O2. The number of carbonyl (C=O) groups is 1. The van der Waals surface area contributed by atoms with Crippen molar-refractivity contribution in [3.05, 3.63) is 65.4 Å². The number of hydrogen-bond donors (Lipinski definition) is 1. The lowest BCUT2D eigenvalue weighted by Gasteiger charge is -2.33. The first kappa shape index (κ1) is 20.2. The predicted octanol–water partition coefficient (Wildman–Crippen LogP) is 3.22. The summed E-state index contributed by atoms with van der Waals surface area (Å²) < 4.78 is 46.4. The highest BCUT2D eigenvalue weighted by Crippen LogP contribution is 2.35. The number of carbonyl (C=O) groups excluding carboxylic acids is 1. The Morgan fingerprint density at radius 2 is 2.06 bits per heavy atom. The molecular weight excluding hydrogens is 425 g/mol. The Balaban J connectivity index is 1.50. The number of nitrogen functional groups attached to an aromatic ring is 1. The van der Waals surface area contributed by atoms with Crippen LogP contribution in [0.15, 0.2) is 43.0 Å². The van der Waals surface area contributed by atoms with Crippen molar-refractivity contribution in [2.75, 3.05) is 19.4 Å². The fraction of sp³-hybridized carbons (Fsp3) is 0.238. The van der Waals surface area contributed by atoms with Crippen molar-refractivity contribution in [1.29, 1.82) is 0 Å². The van der Waals surface area contributed by atoms with Gasteiger partial charge in [-0.15, -0.1) is 0 Å². The molecule has 3 aromatic heterocycles. The number of benzene rings is 1. The highest BCUT2D eigenvalue weighted by molar-refractivity contribution is 5.96. The van der Waals surface area contributed by atoms with Crippen molar-refractivity contribution in [1.82, 2.24) is 24.3 Å². The molecule has 5 rings (SSSR count). The third kappa shape index (κ3) is 3.21. The highest BCUT2D eigenvalue weighted by Gasteiger charge is 2.34. The number of alkyl halides is 3. The molecule has 0 saturated heterocycles. The standard InChI is InChI=1S/C21H17F3N6O2/c1-29(18-9-32-8-11-4-12(21(22,23)24)2-3-13(11)18)20(31)14-5-16-15(6-27-14)28-19(25)17-7-26-10-30(16)17/h2-7,10,18H,8-9H2,1H3,(H2,25,28)/t18-/m1/s1. The van der Waals surface area contributed by atoms with Crippen molar-refractivity contribution in [3.63, 3.8) is 0 Å². The molecule has 8 nitrogen and oxygen atoms in total. The summed E-state index contributed by atoms with van der Waals surface area (Å²) in [4.78, 5) is 27.2. The average molecular weight is 442 g/mol. The minimum absolute atomic E-state index is 0.0533. The molecule has 0 unspecified atom stereocenters. The molecule has 0 spiro atoms. The summed E-state index contributed by atoms with van der Waals surface area (Å²) in [5.74, 6) is -0.111. The van der Waals surface area contributed by atoms with Crippen molar-refractivity contribution in [3.8, 4) is 0 Å². The zero-order valence-electron chi connectivity index (χ0n) is 16.8. The van der Waals surface area contributed by atoms with Crippen LogP contribution in [0.2, 0.25) is 0 Å². The maximum atomic E-state index is 13.2. The molecule has 164 valence electrons. The maximum absolute atomic E-state index is 13.2. The van der Waals surface area contributed by atoms with Crippen LogP contribution in [0.1, 0.15) is 33.2 Å². The van der Waals surface area contributed by atoms with E-state index in [0.717, 1.165) is 12.1 Å². The second-order valence-corrected chi connectivity index (χ2v) is 7.56. The lowest BCUT2D eigenvalue weighted by atomic mass is 9.95. The number of nitrogens with zero attached hydrogens (tertiary/aromatic N) is 5. The molecule has 1 aromatic carbocycles. The van der Waals surface area contributed by atoms with Crippen LogP contribution in [-0.4, -0.2) is 43.8 Å². The highest BCUT2D eigenvalue weighted by atomic mass is 19.4. The summed E-state index contributed by atoms with van der Waals surface area (Å²) in [6.07, 6.45) is 0.139. The lowest BCUT2D eigenvalue weighted by molar-refractivity contribution is -0.137. The van der Waals surface area contributed by atoms with Crippen LogP contribution in [0.5, 0.6) is 0 Å². The van der Waals surface area contributed by atoms with Crippen LogP contribution in [0.25, 0.3) is 16.6 Å². The van der Waals surface area contributed by atoms with Crippen molar-refractivity contribution in [2.24, 2.45) is 0 Å². The SMILES string of the molecule is CN(C(=O)c1cc2c(cn1)nc(N)c1cncn12)[C@@H]1COCc2cc(C(F)(F)F)ccc21. The van der Waals surface area contributed by atoms with Gasteiger partial charge in [0.15, 0.2) is 0 Å². The molecule has 0 aliphatic carbocycles. The Labute approximate surface area is 179 Å². The molecule has 1 atom stereocenters. The van der Waals surface area contributed by atoms with Crippen molar-refractivity contribution in [2.45, 2.75) is 18.8 Å². The maximum Gasteiger partial charge on any atom is 0.416 e. The van der Waals surface area contributed by atoms with Crippen LogP contribution in [0.4, 0.5) is 19.0 Å². The molecule has 0 radical (unpaired) electrons. The van der Waals surface area contributed by atoms with Gasteiger partial charge in [0.1, 0.15) is 22.5 Å². The molecule has 4 heterocycles. The van der Waals surface area contributed by atoms with E-state index in [9.17, 15) is 18.0 Å². The fourth-order valence-electron chi connectivity index (χ4n) is 3.94. The van der Waals surface area contributed by atoms with Gasteiger partial charge in [-0.1, -0.05) is 6.07 Å². The van der Waals surface area contributed by atoms with Gasteiger partial charge in [-0.25, -0.2) is 15.0 Å². The second kappa shape index (κ2) is 7.16. The molecule has 0 bridgehead atoms. The molecule has 1 aliphatic heterocycles. The van der Waals surface area contributed by atoms with Gasteiger partial charge in [0, 0.05) is 7.05 Å². The van der Waals surface area contributed by atoms with Gasteiger partial charge in [-0.05, 0) is 29.3 Å². The monoisotopic (exact) mass is 442 g/mol. The number of fused-ring (bicyclic) bond motifs is 4. The first-order valence-corrected chi connectivity index (χ1v) is 9.66. The van der Waals surface area contributed by atoms with Gasteiger partial charge < -0.3 is 15.4 Å². The number of halogens is 3. The minimum Gasteiger partial charge on any atom is -0.382 e. The minimum atomic E-state index is -4.45. The van der Waals surface area contributed by atoms with E-state index >= 15 is 0 Å². The number of aromatic nitrogens is 4. The number of amides is 1. The van der Waals surface area contributed by atoms with E-state index in [0.29, 0.717) is 33.5 Å². The predicted molar refractivity (Wildman–Crippen MR) is 109 cm³/mol. The van der Waals surface area contributed by atoms with E-state index in [-0.39, 0.29) is 18.9 Å². The summed E-state index contributed by atoms with van der Waals surface area (Å²) in [7, 11) is 1.57. The van der Waals surface area contributed by atoms with E-state index in [2.05, 4.69) is 15.0 Å². The third-order valence-corrected chi connectivity index (χ3v) is 5.63. The molecule has 32 heavy (non-hydrogen) atoms. The van der Waals surface area contributed by atoms with Gasteiger partial charge >= 0.3 is 6.18 Å². The number of pyridine rings is 1. The summed E-state index contributed by atoms with van der Waals surface area (Å²) in [6, 6.07) is 4.54. The number of ether oxygens (including phenoxy) is 1. The largest absolute Gasteiger partial charge is 0.416 e. The van der Waals surface area contributed by atoms with E-state index in [1.54, 1.807) is 30.0 Å².